The van der Waals surface area contributed by atoms with Gasteiger partial charge in [0, 0.05) is 11.6 Å². The van der Waals surface area contributed by atoms with Crippen molar-refractivity contribution in [2.24, 2.45) is 0 Å². The van der Waals surface area contributed by atoms with Crippen molar-refractivity contribution in [2.45, 2.75) is 31.6 Å². The number of carboxylic acids is 1. The first kappa shape index (κ1) is 14.0. The van der Waals surface area contributed by atoms with Gasteiger partial charge < -0.3 is 10.2 Å². The molecule has 0 amide bonds. The quantitative estimate of drug-likeness (QED) is 0.737. The van der Waals surface area contributed by atoms with Crippen molar-refractivity contribution < 1.29 is 15.0 Å². The van der Waals surface area contributed by atoms with Crippen molar-refractivity contribution in [2.75, 3.05) is 6.61 Å². The Morgan fingerprint density at radius 1 is 1.29 bits per heavy atom. The molecule has 0 aliphatic rings. The molecule has 0 aliphatic heterocycles. The van der Waals surface area contributed by atoms with Gasteiger partial charge in [0.05, 0.1) is 5.92 Å². The Labute approximate surface area is 106 Å². The molecule has 0 spiro atoms. The molecule has 1 atom stereocenters. The van der Waals surface area contributed by atoms with Gasteiger partial charge in [-0.3, -0.25) is 4.79 Å². The first-order valence-corrected chi connectivity index (χ1v) is 6.12. The van der Waals surface area contributed by atoms with Crippen LogP contribution in [0.5, 0.6) is 0 Å². The van der Waals surface area contributed by atoms with Gasteiger partial charge in [0.15, 0.2) is 0 Å². The van der Waals surface area contributed by atoms with E-state index in [1.807, 2.05) is 0 Å². The molecule has 0 aromatic heterocycles. The molecule has 0 radical (unpaired) electrons. The molecule has 3 nitrogen and oxygen atoms in total. The van der Waals surface area contributed by atoms with Crippen LogP contribution in [0.2, 0.25) is 5.02 Å². The zero-order chi connectivity index (χ0) is 12.7. The van der Waals surface area contributed by atoms with Crippen molar-refractivity contribution in [3.05, 3.63) is 34.9 Å². The van der Waals surface area contributed by atoms with E-state index >= 15 is 0 Å². The lowest BCUT2D eigenvalue weighted by Gasteiger charge is -2.12. The van der Waals surface area contributed by atoms with Gasteiger partial charge in [-0.25, -0.2) is 0 Å². The summed E-state index contributed by atoms with van der Waals surface area (Å²) in [7, 11) is 0. The fourth-order valence-electron chi connectivity index (χ4n) is 1.79. The molecule has 1 unspecified atom stereocenters. The second-order valence-electron chi connectivity index (χ2n) is 4.02. The first-order chi connectivity index (χ1) is 8.15. The lowest BCUT2D eigenvalue weighted by Crippen LogP contribution is -2.11. The van der Waals surface area contributed by atoms with Crippen LogP contribution in [-0.2, 0) is 4.79 Å². The second kappa shape index (κ2) is 7.30. The van der Waals surface area contributed by atoms with Gasteiger partial charge in [-0.05, 0) is 30.5 Å². The molecule has 0 heterocycles. The summed E-state index contributed by atoms with van der Waals surface area (Å²) in [6.07, 6.45) is 2.95. The number of aliphatic hydroxyl groups excluding tert-OH is 1. The number of hydrogen-bond donors (Lipinski definition) is 2. The number of unbranched alkanes of at least 4 members (excludes halogenated alkanes) is 2. The molecule has 2 N–H and O–H groups in total. The van der Waals surface area contributed by atoms with E-state index in [-0.39, 0.29) is 6.61 Å². The Hall–Kier alpha value is -1.06. The highest BCUT2D eigenvalue weighted by atomic mass is 35.5. The maximum absolute atomic E-state index is 11.2. The summed E-state index contributed by atoms with van der Waals surface area (Å²) in [4.78, 5) is 11.2. The maximum atomic E-state index is 11.2. The molecule has 0 saturated carbocycles. The number of carboxylic acid groups (broad SMARTS) is 1. The number of aliphatic hydroxyl groups is 1. The Balaban J connectivity index is 2.63. The number of halogens is 1. The van der Waals surface area contributed by atoms with E-state index < -0.39 is 11.9 Å². The zero-order valence-electron chi connectivity index (χ0n) is 9.60. The standard InChI is InChI=1S/C13H17ClO3/c14-11-6-4-5-10(9-11)12(13(16)17)7-2-1-3-8-15/h4-6,9,12,15H,1-3,7-8H2,(H,16,17). The van der Waals surface area contributed by atoms with Gasteiger partial charge in [0.1, 0.15) is 0 Å². The van der Waals surface area contributed by atoms with Crippen molar-refractivity contribution >= 4 is 17.6 Å². The van der Waals surface area contributed by atoms with Crippen molar-refractivity contribution in [3.8, 4) is 0 Å². The molecule has 1 aromatic rings. The Morgan fingerprint density at radius 2 is 2.06 bits per heavy atom. The predicted octanol–water partition coefficient (Wildman–Crippen LogP) is 3.06. The molecule has 0 aliphatic carbocycles. The highest BCUT2D eigenvalue weighted by molar-refractivity contribution is 6.30. The Bertz CT molecular complexity index is 365. The number of aliphatic carboxylic acids is 1. The third-order valence-electron chi connectivity index (χ3n) is 2.70. The molecular formula is C13H17ClO3. The van der Waals surface area contributed by atoms with Gasteiger partial charge in [-0.1, -0.05) is 36.6 Å². The number of rotatable bonds is 7. The van der Waals surface area contributed by atoms with Crippen LogP contribution in [0, 0.1) is 0 Å². The SMILES string of the molecule is O=C(O)C(CCCCCO)c1cccc(Cl)c1. The smallest absolute Gasteiger partial charge is 0.310 e. The summed E-state index contributed by atoms with van der Waals surface area (Å²) in [6, 6.07) is 6.99. The van der Waals surface area contributed by atoms with Crippen molar-refractivity contribution in [1.82, 2.24) is 0 Å². The summed E-state index contributed by atoms with van der Waals surface area (Å²) in [5, 5.41) is 18.4. The van der Waals surface area contributed by atoms with Crippen LogP contribution >= 0.6 is 11.6 Å². The minimum absolute atomic E-state index is 0.162. The summed E-state index contributed by atoms with van der Waals surface area (Å²) >= 11 is 5.85. The van der Waals surface area contributed by atoms with Crippen LogP contribution in [0.4, 0.5) is 0 Å². The molecule has 4 heteroatoms. The van der Waals surface area contributed by atoms with Gasteiger partial charge in [0.2, 0.25) is 0 Å². The van der Waals surface area contributed by atoms with Gasteiger partial charge in [-0.15, -0.1) is 0 Å². The summed E-state index contributed by atoms with van der Waals surface area (Å²) < 4.78 is 0. The summed E-state index contributed by atoms with van der Waals surface area (Å²) in [6.45, 7) is 0.162. The van der Waals surface area contributed by atoms with Crippen molar-refractivity contribution in [1.29, 1.82) is 0 Å². The summed E-state index contributed by atoms with van der Waals surface area (Å²) in [5.41, 5.74) is 0.744. The molecule has 0 saturated heterocycles. The van der Waals surface area contributed by atoms with Crippen LogP contribution in [-0.4, -0.2) is 22.8 Å². The average Bonchev–Trinajstić information content (AvgIpc) is 2.28. The van der Waals surface area contributed by atoms with Crippen LogP contribution in [0.3, 0.4) is 0 Å². The summed E-state index contributed by atoms with van der Waals surface area (Å²) in [5.74, 6) is -1.33. The minimum Gasteiger partial charge on any atom is -0.481 e. The fraction of sp³-hybridized carbons (Fsp3) is 0.462. The van der Waals surface area contributed by atoms with E-state index in [0.717, 1.165) is 24.8 Å². The molecule has 1 aromatic carbocycles. The predicted molar refractivity (Wildman–Crippen MR) is 67.4 cm³/mol. The minimum atomic E-state index is -0.823. The zero-order valence-corrected chi connectivity index (χ0v) is 10.4. The molecular weight excluding hydrogens is 240 g/mol. The van der Waals surface area contributed by atoms with E-state index in [2.05, 4.69) is 0 Å². The van der Waals surface area contributed by atoms with Gasteiger partial charge in [0.25, 0.3) is 0 Å². The first-order valence-electron chi connectivity index (χ1n) is 5.74. The third kappa shape index (κ3) is 4.75. The molecule has 94 valence electrons. The van der Waals surface area contributed by atoms with Crippen molar-refractivity contribution in [3.63, 3.8) is 0 Å². The number of benzene rings is 1. The van der Waals surface area contributed by atoms with E-state index in [4.69, 9.17) is 16.7 Å². The van der Waals surface area contributed by atoms with Gasteiger partial charge in [-0.2, -0.15) is 0 Å². The van der Waals surface area contributed by atoms with Crippen LogP contribution < -0.4 is 0 Å². The molecule has 1 rings (SSSR count). The molecule has 17 heavy (non-hydrogen) atoms. The second-order valence-corrected chi connectivity index (χ2v) is 4.46. The molecule has 0 fully saturated rings. The largest absolute Gasteiger partial charge is 0.481 e. The highest BCUT2D eigenvalue weighted by Gasteiger charge is 2.19. The topological polar surface area (TPSA) is 57.5 Å². The lowest BCUT2D eigenvalue weighted by atomic mass is 9.93. The number of hydrogen-bond acceptors (Lipinski definition) is 2. The van der Waals surface area contributed by atoms with E-state index in [0.29, 0.717) is 11.4 Å². The fourth-order valence-corrected chi connectivity index (χ4v) is 1.99. The van der Waals surface area contributed by atoms with E-state index in [1.54, 1.807) is 24.3 Å². The average molecular weight is 257 g/mol. The van der Waals surface area contributed by atoms with Gasteiger partial charge >= 0.3 is 5.97 Å². The van der Waals surface area contributed by atoms with Crippen LogP contribution in [0.25, 0.3) is 0 Å². The maximum Gasteiger partial charge on any atom is 0.310 e. The normalized spacial score (nSPS) is 12.4. The lowest BCUT2D eigenvalue weighted by molar-refractivity contribution is -0.139. The highest BCUT2D eigenvalue weighted by Crippen LogP contribution is 2.25. The molecule has 0 bridgehead atoms. The third-order valence-corrected chi connectivity index (χ3v) is 2.94. The number of carbonyl (C=O) groups is 1. The Kier molecular flexibility index (Phi) is 6.01. The monoisotopic (exact) mass is 256 g/mol. The van der Waals surface area contributed by atoms with E-state index in [1.165, 1.54) is 0 Å². The van der Waals surface area contributed by atoms with Crippen LogP contribution in [0.1, 0.15) is 37.2 Å². The van der Waals surface area contributed by atoms with Crippen LogP contribution in [0.15, 0.2) is 24.3 Å². The van der Waals surface area contributed by atoms with E-state index in [9.17, 15) is 9.90 Å². The Morgan fingerprint density at radius 3 is 2.65 bits per heavy atom.